The molecule has 2 aliphatic heterocycles. The molecule has 2 fully saturated rings. The SMILES string of the molecule is CN=C(NCC(C(C)C)N1CCOCC1)NC1CCN(c2ncccc2F)C1. The molecule has 2 atom stereocenters. The normalized spacial score (nSPS) is 22.5. The first-order valence-corrected chi connectivity index (χ1v) is 10.2. The van der Waals surface area contributed by atoms with Gasteiger partial charge in [0.25, 0.3) is 0 Å². The van der Waals surface area contributed by atoms with E-state index in [4.69, 9.17) is 4.74 Å². The second-order valence-electron chi connectivity index (χ2n) is 7.80. The Morgan fingerprint density at radius 3 is 2.82 bits per heavy atom. The molecule has 2 aliphatic rings. The summed E-state index contributed by atoms with van der Waals surface area (Å²) in [6.07, 6.45) is 2.56. The molecule has 1 aromatic heterocycles. The van der Waals surface area contributed by atoms with Crippen LogP contribution in [0.3, 0.4) is 0 Å². The number of nitrogens with one attached hydrogen (secondary N) is 2. The van der Waals surface area contributed by atoms with Crippen LogP contribution >= 0.6 is 0 Å². The van der Waals surface area contributed by atoms with Crippen molar-refractivity contribution >= 4 is 11.8 Å². The van der Waals surface area contributed by atoms with Crippen molar-refractivity contribution in [3.8, 4) is 0 Å². The van der Waals surface area contributed by atoms with Gasteiger partial charge in [0.15, 0.2) is 17.6 Å². The number of ether oxygens (including phenoxy) is 1. The summed E-state index contributed by atoms with van der Waals surface area (Å²) in [6.45, 7) is 10.4. The molecule has 8 heteroatoms. The van der Waals surface area contributed by atoms with E-state index in [2.05, 4.69) is 39.4 Å². The van der Waals surface area contributed by atoms with Crippen molar-refractivity contribution in [1.82, 2.24) is 20.5 Å². The maximum Gasteiger partial charge on any atom is 0.191 e. The summed E-state index contributed by atoms with van der Waals surface area (Å²) < 4.78 is 19.5. The second kappa shape index (κ2) is 10.0. The molecule has 2 saturated heterocycles. The predicted octanol–water partition coefficient (Wildman–Crippen LogP) is 1.32. The van der Waals surface area contributed by atoms with Gasteiger partial charge < -0.3 is 20.3 Å². The molecule has 3 rings (SSSR count). The summed E-state index contributed by atoms with van der Waals surface area (Å²) in [6, 6.07) is 3.73. The van der Waals surface area contributed by atoms with Crippen LogP contribution in [-0.2, 0) is 4.74 Å². The molecule has 0 amide bonds. The van der Waals surface area contributed by atoms with Gasteiger partial charge in [-0.3, -0.25) is 9.89 Å². The Bertz CT molecular complexity index is 649. The van der Waals surface area contributed by atoms with Gasteiger partial charge in [-0.25, -0.2) is 9.37 Å². The molecule has 0 radical (unpaired) electrons. The highest BCUT2D eigenvalue weighted by atomic mass is 19.1. The van der Waals surface area contributed by atoms with Gasteiger partial charge in [-0.2, -0.15) is 0 Å². The second-order valence-corrected chi connectivity index (χ2v) is 7.80. The van der Waals surface area contributed by atoms with E-state index in [9.17, 15) is 4.39 Å². The van der Waals surface area contributed by atoms with Crippen molar-refractivity contribution in [2.45, 2.75) is 32.4 Å². The van der Waals surface area contributed by atoms with Crippen molar-refractivity contribution in [1.29, 1.82) is 0 Å². The van der Waals surface area contributed by atoms with Crippen LogP contribution in [0, 0.1) is 11.7 Å². The zero-order valence-corrected chi connectivity index (χ0v) is 17.2. The fourth-order valence-corrected chi connectivity index (χ4v) is 3.97. The van der Waals surface area contributed by atoms with Gasteiger partial charge >= 0.3 is 0 Å². The summed E-state index contributed by atoms with van der Waals surface area (Å²) in [5, 5.41) is 6.98. The molecule has 0 saturated carbocycles. The molecule has 0 bridgehead atoms. The highest BCUT2D eigenvalue weighted by Crippen LogP contribution is 2.20. The average molecular weight is 393 g/mol. The third-order valence-electron chi connectivity index (χ3n) is 5.55. The lowest BCUT2D eigenvalue weighted by molar-refractivity contribution is 0.00751. The molecule has 28 heavy (non-hydrogen) atoms. The van der Waals surface area contributed by atoms with Gasteiger partial charge in [-0.05, 0) is 24.5 Å². The molecule has 7 nitrogen and oxygen atoms in total. The molecule has 0 aliphatic carbocycles. The Kier molecular flexibility index (Phi) is 7.44. The first-order chi connectivity index (χ1) is 13.6. The van der Waals surface area contributed by atoms with Gasteiger partial charge in [-0.1, -0.05) is 13.8 Å². The largest absolute Gasteiger partial charge is 0.379 e. The average Bonchev–Trinajstić information content (AvgIpc) is 3.16. The summed E-state index contributed by atoms with van der Waals surface area (Å²) in [5.41, 5.74) is 0. The van der Waals surface area contributed by atoms with E-state index in [1.807, 2.05) is 4.90 Å². The summed E-state index contributed by atoms with van der Waals surface area (Å²) in [5.74, 6) is 1.50. The number of anilines is 1. The number of morpholine rings is 1. The molecule has 156 valence electrons. The number of hydrogen-bond acceptors (Lipinski definition) is 5. The molecule has 1 aromatic rings. The van der Waals surface area contributed by atoms with Crippen molar-refractivity contribution < 1.29 is 9.13 Å². The third-order valence-corrected chi connectivity index (χ3v) is 5.55. The van der Waals surface area contributed by atoms with Gasteiger partial charge in [-0.15, -0.1) is 0 Å². The summed E-state index contributed by atoms with van der Waals surface area (Å²) in [4.78, 5) is 13.1. The van der Waals surface area contributed by atoms with Gasteiger partial charge in [0.2, 0.25) is 0 Å². The number of rotatable bonds is 6. The van der Waals surface area contributed by atoms with Gasteiger partial charge in [0, 0.05) is 58.1 Å². The quantitative estimate of drug-likeness (QED) is 0.562. The number of nitrogens with zero attached hydrogens (tertiary/aromatic N) is 4. The zero-order chi connectivity index (χ0) is 19.9. The molecule has 0 spiro atoms. The molecular formula is C20H33FN6O. The van der Waals surface area contributed by atoms with Crippen LogP contribution in [0.2, 0.25) is 0 Å². The van der Waals surface area contributed by atoms with Crippen LogP contribution in [-0.4, -0.2) is 80.9 Å². The Hall–Kier alpha value is -1.93. The number of halogens is 1. The highest BCUT2D eigenvalue weighted by Gasteiger charge is 2.27. The predicted molar refractivity (Wildman–Crippen MR) is 110 cm³/mol. The van der Waals surface area contributed by atoms with Crippen LogP contribution in [0.1, 0.15) is 20.3 Å². The van der Waals surface area contributed by atoms with E-state index in [1.54, 1.807) is 19.3 Å². The molecule has 0 aromatic carbocycles. The number of guanidine groups is 1. The van der Waals surface area contributed by atoms with Crippen LogP contribution < -0.4 is 15.5 Å². The number of pyridine rings is 1. The minimum absolute atomic E-state index is 0.216. The maximum atomic E-state index is 14.0. The van der Waals surface area contributed by atoms with Crippen molar-refractivity contribution in [3.63, 3.8) is 0 Å². The van der Waals surface area contributed by atoms with Crippen molar-refractivity contribution in [2.75, 3.05) is 57.9 Å². The van der Waals surface area contributed by atoms with Crippen molar-refractivity contribution in [3.05, 3.63) is 24.1 Å². The minimum Gasteiger partial charge on any atom is -0.379 e. The lowest BCUT2D eigenvalue weighted by Crippen LogP contribution is -2.53. The molecule has 2 N–H and O–H groups in total. The van der Waals surface area contributed by atoms with Gasteiger partial charge in [0.1, 0.15) is 0 Å². The monoisotopic (exact) mass is 392 g/mol. The lowest BCUT2D eigenvalue weighted by atomic mass is 10.0. The molecular weight excluding hydrogens is 359 g/mol. The topological polar surface area (TPSA) is 65.0 Å². The Morgan fingerprint density at radius 2 is 2.14 bits per heavy atom. The van der Waals surface area contributed by atoms with Crippen LogP contribution in [0.15, 0.2) is 23.3 Å². The van der Waals surface area contributed by atoms with E-state index < -0.39 is 0 Å². The van der Waals surface area contributed by atoms with Crippen LogP contribution in [0.5, 0.6) is 0 Å². The number of aromatic nitrogens is 1. The van der Waals surface area contributed by atoms with E-state index >= 15 is 0 Å². The Labute approximate surface area is 167 Å². The van der Waals surface area contributed by atoms with E-state index in [-0.39, 0.29) is 11.9 Å². The first-order valence-electron chi connectivity index (χ1n) is 10.2. The van der Waals surface area contributed by atoms with Crippen LogP contribution in [0.4, 0.5) is 10.2 Å². The fourth-order valence-electron chi connectivity index (χ4n) is 3.97. The Morgan fingerprint density at radius 1 is 1.36 bits per heavy atom. The standard InChI is InChI=1S/C20H33FN6O/c1-15(2)18(26-9-11-28-12-10-26)13-24-20(22-3)25-16-6-8-27(14-16)19-17(21)5-4-7-23-19/h4-5,7,15-16,18H,6,8-14H2,1-3H3,(H2,22,24,25). The van der Waals surface area contributed by atoms with Crippen molar-refractivity contribution in [2.24, 2.45) is 10.9 Å². The Balaban J connectivity index is 1.51. The third kappa shape index (κ3) is 5.32. The fraction of sp³-hybridized carbons (Fsp3) is 0.700. The van der Waals surface area contributed by atoms with E-state index in [0.29, 0.717) is 24.3 Å². The lowest BCUT2D eigenvalue weighted by Gasteiger charge is -2.37. The number of hydrogen-bond donors (Lipinski definition) is 2. The van der Waals surface area contributed by atoms with Crippen LogP contribution in [0.25, 0.3) is 0 Å². The number of aliphatic imine (C=N–C) groups is 1. The molecule has 3 heterocycles. The van der Waals surface area contributed by atoms with E-state index in [0.717, 1.165) is 51.8 Å². The smallest absolute Gasteiger partial charge is 0.191 e. The first kappa shape index (κ1) is 20.8. The minimum atomic E-state index is -0.268. The molecule has 2 unspecified atom stereocenters. The van der Waals surface area contributed by atoms with E-state index in [1.165, 1.54) is 6.07 Å². The van der Waals surface area contributed by atoms with Gasteiger partial charge in [0.05, 0.1) is 13.2 Å². The highest BCUT2D eigenvalue weighted by molar-refractivity contribution is 5.80. The summed E-state index contributed by atoms with van der Waals surface area (Å²) >= 11 is 0. The zero-order valence-electron chi connectivity index (χ0n) is 17.2. The maximum absolute atomic E-state index is 14.0. The summed E-state index contributed by atoms with van der Waals surface area (Å²) in [7, 11) is 1.79.